The van der Waals surface area contributed by atoms with Crippen LogP contribution in [0.25, 0.3) is 0 Å². The number of allylic oxidation sites excluding steroid dienone is 2. The van der Waals surface area contributed by atoms with Crippen molar-refractivity contribution in [2.75, 3.05) is 13.2 Å². The molecule has 0 bridgehead atoms. The van der Waals surface area contributed by atoms with Gasteiger partial charge >= 0.3 is 5.97 Å². The van der Waals surface area contributed by atoms with E-state index in [1.807, 2.05) is 13.0 Å². The zero-order valence-corrected chi connectivity index (χ0v) is 51.9. The summed E-state index contributed by atoms with van der Waals surface area (Å²) in [6.45, 7) is 14.5. The van der Waals surface area contributed by atoms with Crippen LogP contribution in [0.15, 0.2) is 64.7 Å². The molecule has 0 aromatic heterocycles. The number of carbonyl (C=O) groups excluding carboxylic acids is 1. The van der Waals surface area contributed by atoms with Crippen LogP contribution in [-0.2, 0) is 19.0 Å². The SMILES string of the molecule is CC1=C[C@@H](O[C@H]2O[C@H](CO)[C@@H](O)[C@H](O)[C@@H]2O)[C@H](O)C[C@@H](C)C[C@H](O)C[C@H](O)[C@H](C)[C@@H](O)[C@@H](O)[C@H](O)C[C@@H](O)C[C@H](O)/C=C/C[C@@H]([C@H](C)[C@H](O)CCCN=C(N)N)OC(=O)/C(C)=C/CC[C@H](C)[C@@H](O)[C@@H](C)[C@@H](O)CC/C=C/[C@H](C)[C@@H](O)/C=C/[C@H](C)[C@H]1O. The van der Waals surface area contributed by atoms with Gasteiger partial charge in [-0.2, -0.15) is 0 Å². The second-order valence-electron chi connectivity index (χ2n) is 24.8. The Morgan fingerprint density at radius 2 is 1.30 bits per heavy atom. The minimum Gasteiger partial charge on any atom is -0.458 e. The maximum absolute atomic E-state index is 13.5. The smallest absolute Gasteiger partial charge is 0.333 e. The highest BCUT2D eigenvalue weighted by molar-refractivity contribution is 5.87. The van der Waals surface area contributed by atoms with E-state index in [0.29, 0.717) is 32.1 Å². The van der Waals surface area contributed by atoms with E-state index in [9.17, 15) is 91.6 Å². The lowest BCUT2D eigenvalue weighted by Gasteiger charge is -2.41. The maximum Gasteiger partial charge on any atom is 0.333 e. The van der Waals surface area contributed by atoms with Crippen molar-refractivity contribution in [1.29, 1.82) is 0 Å². The molecule has 0 unspecified atom stereocenters. The molecule has 2 aliphatic heterocycles. The molecule has 2 heterocycles. The zero-order chi connectivity index (χ0) is 65.3. The average Bonchev–Trinajstić information content (AvgIpc) is 2.55. The summed E-state index contributed by atoms with van der Waals surface area (Å²) >= 11 is 0. The minimum atomic E-state index is -1.89. The summed E-state index contributed by atoms with van der Waals surface area (Å²) in [5.74, 6) is -4.83. The number of guanidine groups is 1. The van der Waals surface area contributed by atoms with E-state index in [2.05, 4.69) is 4.99 Å². The molecule has 86 heavy (non-hydrogen) atoms. The Labute approximate surface area is 508 Å². The van der Waals surface area contributed by atoms with E-state index in [4.69, 9.17) is 25.7 Å². The van der Waals surface area contributed by atoms with Crippen molar-refractivity contribution < 1.29 is 106 Å². The van der Waals surface area contributed by atoms with Crippen LogP contribution >= 0.6 is 0 Å². The fourth-order valence-corrected chi connectivity index (χ4v) is 10.8. The third-order valence-corrected chi connectivity index (χ3v) is 17.1. The Morgan fingerprint density at radius 3 is 1.94 bits per heavy atom. The van der Waals surface area contributed by atoms with E-state index in [0.717, 1.165) is 0 Å². The number of aliphatic hydroxyl groups is 17. The predicted molar refractivity (Wildman–Crippen MR) is 322 cm³/mol. The van der Waals surface area contributed by atoms with Crippen molar-refractivity contribution in [3.63, 3.8) is 0 Å². The molecular formula is C62H111N3O21. The normalized spacial score (nSPS) is 42.3. The van der Waals surface area contributed by atoms with Gasteiger partial charge in [-0.1, -0.05) is 97.1 Å². The van der Waals surface area contributed by atoms with Gasteiger partial charge in [-0.3, -0.25) is 4.99 Å². The molecule has 0 saturated carbocycles. The van der Waals surface area contributed by atoms with E-state index in [-0.39, 0.29) is 68.1 Å². The Balaban J connectivity index is 2.45. The van der Waals surface area contributed by atoms with E-state index >= 15 is 0 Å². The minimum absolute atomic E-state index is 0.0306. The number of hydrogen-bond acceptors (Lipinski definition) is 22. The Kier molecular flexibility index (Phi) is 36.4. The summed E-state index contributed by atoms with van der Waals surface area (Å²) < 4.78 is 17.5. The summed E-state index contributed by atoms with van der Waals surface area (Å²) in [4.78, 5) is 17.5. The lowest BCUT2D eigenvalue weighted by Crippen LogP contribution is -2.60. The maximum atomic E-state index is 13.5. The third-order valence-electron chi connectivity index (χ3n) is 17.1. The van der Waals surface area contributed by atoms with Crippen LogP contribution in [0.5, 0.6) is 0 Å². The van der Waals surface area contributed by atoms with Crippen molar-refractivity contribution in [1.82, 2.24) is 0 Å². The molecule has 0 aromatic rings. The third kappa shape index (κ3) is 27.0. The Hall–Kier alpha value is -3.32. The van der Waals surface area contributed by atoms with Crippen molar-refractivity contribution >= 4 is 11.9 Å². The largest absolute Gasteiger partial charge is 0.458 e. The summed E-state index contributed by atoms with van der Waals surface area (Å²) in [6, 6.07) is 0. The van der Waals surface area contributed by atoms with Gasteiger partial charge in [-0.05, 0) is 89.0 Å². The van der Waals surface area contributed by atoms with Gasteiger partial charge in [0.05, 0.1) is 79.9 Å². The number of esters is 1. The van der Waals surface area contributed by atoms with Crippen molar-refractivity contribution in [2.45, 2.75) is 262 Å². The van der Waals surface area contributed by atoms with Gasteiger partial charge in [-0.15, -0.1) is 0 Å². The number of nitrogens with zero attached hydrogens (tertiary/aromatic N) is 1. The second-order valence-corrected chi connectivity index (χ2v) is 24.8. The standard InChI is InChI=1S/C62H111N3O21/c1-32-25-42(68)29-47(73)40(9)55(78)56(79)49(75)30-43(69)28-41(67)18-13-21-50(38(7)45(71)20-14-24-65-62(63)64)84-60(83)36(5)17-12-16-34(3)54(77)39(8)46(72)19-11-10-15-33(2)44(70)23-22-35(4)53(76)37(6)27-51(48(74)26-32)85-61-59(82)58(81)57(80)52(31-66)86-61/h10,13,15,17-18,22-23,27,32-35,38-59,61,66-82H,11-12,14,16,19-21,24-26,28-31H2,1-9H3,(H4,63,64,65)/b15-10+,18-13+,23-22+,36-17+,37-27?/t32-,33-,34-,35-,38+,39-,40-,41+,42-,43-,44-,45+,46-,47-,48+,49+,50-,51+,52+,53+,54+,55+,56-,57+,58-,59-,61-/m0/s1. The number of cyclic esters (lactones) is 1. The first-order chi connectivity index (χ1) is 40.2. The fourth-order valence-electron chi connectivity index (χ4n) is 10.8. The van der Waals surface area contributed by atoms with Crippen molar-refractivity contribution in [3.8, 4) is 0 Å². The highest BCUT2D eigenvalue weighted by Crippen LogP contribution is 2.30. The molecule has 0 radical (unpaired) electrons. The molecule has 2 aliphatic rings. The molecule has 24 heteroatoms. The molecule has 500 valence electrons. The highest BCUT2D eigenvalue weighted by Gasteiger charge is 2.46. The molecule has 2 rings (SSSR count). The second kappa shape index (κ2) is 39.7. The molecule has 24 nitrogen and oxygen atoms in total. The number of rotatable bonds is 9. The summed E-state index contributed by atoms with van der Waals surface area (Å²) in [5.41, 5.74) is 11.4. The van der Waals surface area contributed by atoms with Gasteiger partial charge in [0.15, 0.2) is 12.2 Å². The van der Waals surface area contributed by atoms with Gasteiger partial charge < -0.3 is 112 Å². The summed E-state index contributed by atoms with van der Waals surface area (Å²) in [7, 11) is 0. The Morgan fingerprint density at radius 1 is 0.674 bits per heavy atom. The van der Waals surface area contributed by atoms with Crippen LogP contribution in [0.4, 0.5) is 0 Å². The number of hydrogen-bond donors (Lipinski definition) is 19. The first-order valence-corrected chi connectivity index (χ1v) is 30.7. The zero-order valence-electron chi connectivity index (χ0n) is 51.9. The monoisotopic (exact) mass is 1230 g/mol. The summed E-state index contributed by atoms with van der Waals surface area (Å²) in [5, 5.41) is 186. The van der Waals surface area contributed by atoms with Gasteiger partial charge in [0.2, 0.25) is 0 Å². The van der Waals surface area contributed by atoms with Crippen LogP contribution < -0.4 is 11.5 Å². The Bertz CT molecular complexity index is 2090. The molecule has 0 amide bonds. The lowest BCUT2D eigenvalue weighted by atomic mass is 9.85. The van der Waals surface area contributed by atoms with Crippen molar-refractivity contribution in [2.24, 2.45) is 57.9 Å². The quantitative estimate of drug-likeness (QED) is 0.0466. The highest BCUT2D eigenvalue weighted by atomic mass is 16.7. The summed E-state index contributed by atoms with van der Waals surface area (Å²) in [6.07, 6.45) is -14.0. The first-order valence-electron chi connectivity index (χ1n) is 30.7. The average molecular weight is 1230 g/mol. The van der Waals surface area contributed by atoms with Crippen LogP contribution in [0.1, 0.15) is 139 Å². The van der Waals surface area contributed by atoms with Gasteiger partial charge in [0.25, 0.3) is 0 Å². The molecule has 0 aliphatic carbocycles. The van der Waals surface area contributed by atoms with E-state index in [1.54, 1.807) is 66.7 Å². The van der Waals surface area contributed by atoms with E-state index < -0.39 is 177 Å². The number of carbonyl (C=O) groups is 1. The molecular weight excluding hydrogens is 1120 g/mol. The molecule has 27 atom stereocenters. The number of aliphatic imine (C=N–C) groups is 1. The number of aliphatic hydroxyl groups excluding tert-OH is 17. The number of nitrogens with two attached hydrogens (primary N) is 2. The fraction of sp³-hybridized carbons (Fsp3) is 0.806. The van der Waals surface area contributed by atoms with Crippen molar-refractivity contribution in [3.05, 3.63) is 59.8 Å². The van der Waals surface area contributed by atoms with Crippen LogP contribution in [-0.4, -0.2) is 234 Å². The van der Waals surface area contributed by atoms with Gasteiger partial charge in [-0.25, -0.2) is 4.79 Å². The predicted octanol–water partition coefficient (Wildman–Crippen LogP) is -0.243. The van der Waals surface area contributed by atoms with E-state index in [1.165, 1.54) is 31.2 Å². The molecule has 1 saturated heterocycles. The molecule has 0 aromatic carbocycles. The molecule has 1 fully saturated rings. The van der Waals surface area contributed by atoms with Crippen LogP contribution in [0.3, 0.4) is 0 Å². The van der Waals surface area contributed by atoms with Crippen LogP contribution in [0.2, 0.25) is 0 Å². The number of ether oxygens (including phenoxy) is 3. The molecule has 21 N–H and O–H groups in total. The first kappa shape index (κ1) is 78.8. The van der Waals surface area contributed by atoms with Gasteiger partial charge in [0.1, 0.15) is 42.7 Å². The lowest BCUT2D eigenvalue weighted by molar-refractivity contribution is -0.312. The topological polar surface area (TPSA) is 453 Å². The van der Waals surface area contributed by atoms with Gasteiger partial charge in [0, 0.05) is 61.0 Å². The van der Waals surface area contributed by atoms with Crippen LogP contribution in [0, 0.1) is 41.4 Å². The molecule has 0 spiro atoms.